The average Bonchev–Trinajstić information content (AvgIpc) is 2.38. The van der Waals surface area contributed by atoms with Gasteiger partial charge in [-0.1, -0.05) is 18.2 Å². The third-order valence-electron chi connectivity index (χ3n) is 2.29. The monoisotopic (exact) mass is 211 g/mol. The van der Waals surface area contributed by atoms with Crippen molar-refractivity contribution in [3.05, 3.63) is 60.4 Å². The smallest absolute Gasteiger partial charge is 0.0935 e. The molecular weight excluding hydrogens is 198 g/mol. The molecule has 1 atom stereocenters. The average molecular weight is 211 g/mol. The van der Waals surface area contributed by atoms with Crippen molar-refractivity contribution in [2.24, 2.45) is 10.2 Å². The van der Waals surface area contributed by atoms with Crippen LogP contribution in [0.4, 0.5) is 5.69 Å². The Hall–Kier alpha value is -2.03. The van der Waals surface area contributed by atoms with Crippen LogP contribution in [-0.2, 0) is 0 Å². The van der Waals surface area contributed by atoms with Gasteiger partial charge in [0, 0.05) is 12.4 Å². The van der Waals surface area contributed by atoms with Gasteiger partial charge in [-0.15, -0.1) is 0 Å². The second-order valence-electron chi connectivity index (χ2n) is 3.51. The summed E-state index contributed by atoms with van der Waals surface area (Å²) in [6.07, 6.45) is 3.54. The summed E-state index contributed by atoms with van der Waals surface area (Å²) in [6, 6.07) is 13.7. The Morgan fingerprint density at radius 3 is 2.38 bits per heavy atom. The van der Waals surface area contributed by atoms with Gasteiger partial charge in [0.05, 0.1) is 11.7 Å². The van der Waals surface area contributed by atoms with Gasteiger partial charge in [0.25, 0.3) is 0 Å². The Morgan fingerprint density at radius 1 is 1.00 bits per heavy atom. The van der Waals surface area contributed by atoms with Gasteiger partial charge in [0.15, 0.2) is 0 Å². The Kier molecular flexibility index (Phi) is 3.38. The van der Waals surface area contributed by atoms with Gasteiger partial charge in [-0.2, -0.15) is 10.2 Å². The fourth-order valence-corrected chi connectivity index (χ4v) is 1.36. The van der Waals surface area contributed by atoms with Crippen molar-refractivity contribution in [1.82, 2.24) is 4.98 Å². The largest absolute Gasteiger partial charge is 0.265 e. The Morgan fingerprint density at radius 2 is 1.69 bits per heavy atom. The van der Waals surface area contributed by atoms with Crippen molar-refractivity contribution < 1.29 is 0 Å². The van der Waals surface area contributed by atoms with Crippen LogP contribution in [0.1, 0.15) is 18.5 Å². The van der Waals surface area contributed by atoms with Crippen molar-refractivity contribution in [3.63, 3.8) is 0 Å². The first-order chi connectivity index (χ1) is 7.86. The molecule has 0 bridgehead atoms. The third-order valence-corrected chi connectivity index (χ3v) is 2.29. The minimum atomic E-state index is 0.0585. The van der Waals surface area contributed by atoms with Crippen LogP contribution >= 0.6 is 0 Å². The van der Waals surface area contributed by atoms with E-state index in [-0.39, 0.29) is 6.04 Å². The first kappa shape index (κ1) is 10.5. The standard InChI is InChI=1S/C13H13N3/c1-11(12-7-9-14-10-8-12)15-16-13-5-3-2-4-6-13/h2-11H,1H3. The van der Waals surface area contributed by atoms with Gasteiger partial charge < -0.3 is 0 Å². The summed E-state index contributed by atoms with van der Waals surface area (Å²) in [7, 11) is 0. The molecule has 0 fully saturated rings. The van der Waals surface area contributed by atoms with Gasteiger partial charge in [-0.3, -0.25) is 4.98 Å². The molecule has 1 heterocycles. The fourth-order valence-electron chi connectivity index (χ4n) is 1.36. The maximum absolute atomic E-state index is 4.26. The van der Waals surface area contributed by atoms with Crippen LogP contribution in [0, 0.1) is 0 Å². The summed E-state index contributed by atoms with van der Waals surface area (Å²) in [5.41, 5.74) is 2.00. The van der Waals surface area contributed by atoms with E-state index < -0.39 is 0 Å². The number of nitrogens with zero attached hydrogens (tertiary/aromatic N) is 3. The highest BCUT2D eigenvalue weighted by atomic mass is 15.1. The molecule has 0 aliphatic carbocycles. The van der Waals surface area contributed by atoms with Crippen LogP contribution in [0.25, 0.3) is 0 Å². The predicted molar refractivity (Wildman–Crippen MR) is 63.6 cm³/mol. The van der Waals surface area contributed by atoms with E-state index in [1.807, 2.05) is 49.4 Å². The van der Waals surface area contributed by atoms with Crippen LogP contribution in [-0.4, -0.2) is 4.98 Å². The van der Waals surface area contributed by atoms with Crippen LogP contribution in [0.5, 0.6) is 0 Å². The van der Waals surface area contributed by atoms with E-state index in [4.69, 9.17) is 0 Å². The summed E-state index contributed by atoms with van der Waals surface area (Å²) in [5, 5.41) is 8.45. The molecule has 0 saturated heterocycles. The Bertz CT molecular complexity index is 451. The van der Waals surface area contributed by atoms with Crippen LogP contribution in [0.3, 0.4) is 0 Å². The van der Waals surface area contributed by atoms with Crippen molar-refractivity contribution in [2.75, 3.05) is 0 Å². The number of hydrogen-bond acceptors (Lipinski definition) is 3. The van der Waals surface area contributed by atoms with Gasteiger partial charge >= 0.3 is 0 Å². The number of benzene rings is 1. The van der Waals surface area contributed by atoms with Crippen LogP contribution < -0.4 is 0 Å². The molecular formula is C13H13N3. The highest BCUT2D eigenvalue weighted by Crippen LogP contribution is 2.19. The molecule has 0 aliphatic heterocycles. The minimum absolute atomic E-state index is 0.0585. The molecule has 16 heavy (non-hydrogen) atoms. The lowest BCUT2D eigenvalue weighted by molar-refractivity contribution is 0.762. The van der Waals surface area contributed by atoms with E-state index in [9.17, 15) is 0 Å². The number of pyridine rings is 1. The molecule has 2 rings (SSSR count). The molecule has 1 aromatic carbocycles. The lowest BCUT2D eigenvalue weighted by Gasteiger charge is -2.03. The maximum Gasteiger partial charge on any atom is 0.0935 e. The van der Waals surface area contributed by atoms with Gasteiger partial charge in [-0.25, -0.2) is 0 Å². The van der Waals surface area contributed by atoms with E-state index in [0.29, 0.717) is 0 Å². The van der Waals surface area contributed by atoms with Crippen molar-refractivity contribution in [2.45, 2.75) is 13.0 Å². The summed E-state index contributed by atoms with van der Waals surface area (Å²) < 4.78 is 0. The van der Waals surface area contributed by atoms with E-state index in [1.54, 1.807) is 12.4 Å². The molecule has 0 radical (unpaired) electrons. The Balaban J connectivity index is 2.08. The summed E-state index contributed by atoms with van der Waals surface area (Å²) >= 11 is 0. The minimum Gasteiger partial charge on any atom is -0.265 e. The lowest BCUT2D eigenvalue weighted by atomic mass is 10.1. The molecule has 1 aromatic heterocycles. The van der Waals surface area contributed by atoms with E-state index in [1.165, 1.54) is 0 Å². The fraction of sp³-hybridized carbons (Fsp3) is 0.154. The van der Waals surface area contributed by atoms with E-state index in [2.05, 4.69) is 15.2 Å². The third kappa shape index (κ3) is 2.73. The second-order valence-corrected chi connectivity index (χ2v) is 3.51. The highest BCUT2D eigenvalue weighted by Gasteiger charge is 2.01. The van der Waals surface area contributed by atoms with Crippen molar-refractivity contribution in [3.8, 4) is 0 Å². The highest BCUT2D eigenvalue weighted by molar-refractivity contribution is 5.34. The molecule has 2 aromatic rings. The molecule has 0 N–H and O–H groups in total. The maximum atomic E-state index is 4.26. The molecule has 0 amide bonds. The molecule has 0 aliphatic rings. The van der Waals surface area contributed by atoms with Crippen LogP contribution in [0.15, 0.2) is 65.1 Å². The van der Waals surface area contributed by atoms with E-state index in [0.717, 1.165) is 11.3 Å². The first-order valence-electron chi connectivity index (χ1n) is 5.22. The molecule has 80 valence electrons. The molecule has 3 nitrogen and oxygen atoms in total. The zero-order chi connectivity index (χ0) is 11.2. The second kappa shape index (κ2) is 5.16. The SMILES string of the molecule is CC(N=Nc1ccccc1)c1ccncc1. The van der Waals surface area contributed by atoms with Gasteiger partial charge in [0.2, 0.25) is 0 Å². The van der Waals surface area contributed by atoms with Gasteiger partial charge in [0.1, 0.15) is 0 Å². The normalized spacial score (nSPS) is 12.8. The number of hydrogen-bond donors (Lipinski definition) is 0. The lowest BCUT2D eigenvalue weighted by Crippen LogP contribution is -1.87. The molecule has 3 heteroatoms. The number of azo groups is 1. The van der Waals surface area contributed by atoms with E-state index >= 15 is 0 Å². The zero-order valence-corrected chi connectivity index (χ0v) is 9.12. The number of aromatic nitrogens is 1. The number of rotatable bonds is 3. The predicted octanol–water partition coefficient (Wildman–Crippen LogP) is 3.93. The molecule has 0 saturated carbocycles. The zero-order valence-electron chi connectivity index (χ0n) is 9.12. The Labute approximate surface area is 94.9 Å². The summed E-state index contributed by atoms with van der Waals surface area (Å²) in [6.45, 7) is 2.02. The molecule has 1 unspecified atom stereocenters. The van der Waals surface area contributed by atoms with Crippen molar-refractivity contribution >= 4 is 5.69 Å². The molecule has 0 spiro atoms. The van der Waals surface area contributed by atoms with Crippen molar-refractivity contribution in [1.29, 1.82) is 0 Å². The first-order valence-corrected chi connectivity index (χ1v) is 5.22. The van der Waals surface area contributed by atoms with Crippen LogP contribution in [0.2, 0.25) is 0 Å². The quantitative estimate of drug-likeness (QED) is 0.709. The van der Waals surface area contributed by atoms with Gasteiger partial charge in [-0.05, 0) is 36.8 Å². The topological polar surface area (TPSA) is 37.6 Å². The summed E-state index contributed by atoms with van der Waals surface area (Å²) in [5.74, 6) is 0. The summed E-state index contributed by atoms with van der Waals surface area (Å²) in [4.78, 5) is 3.97.